The van der Waals surface area contributed by atoms with Crippen molar-refractivity contribution in [3.63, 3.8) is 0 Å². The molecule has 0 fully saturated rings. The van der Waals surface area contributed by atoms with E-state index in [9.17, 15) is 0 Å². The summed E-state index contributed by atoms with van der Waals surface area (Å²) in [5.41, 5.74) is 8.44. The lowest BCUT2D eigenvalue weighted by molar-refractivity contribution is 0.325. The summed E-state index contributed by atoms with van der Waals surface area (Å²) in [5, 5.41) is 7.48. The van der Waals surface area contributed by atoms with Crippen molar-refractivity contribution in [1.82, 2.24) is 4.98 Å². The molecule has 0 saturated heterocycles. The minimum absolute atomic E-state index is 0.0284. The first-order valence-electron chi connectivity index (χ1n) is 5.22. The normalized spacial score (nSPS) is 13.7. The van der Waals surface area contributed by atoms with Crippen molar-refractivity contribution in [2.75, 3.05) is 6.61 Å². The zero-order valence-corrected chi connectivity index (χ0v) is 8.84. The van der Waals surface area contributed by atoms with E-state index in [1.807, 2.05) is 13.0 Å². The van der Waals surface area contributed by atoms with Crippen LogP contribution in [0.15, 0.2) is 6.07 Å². The van der Waals surface area contributed by atoms with Crippen molar-refractivity contribution in [1.29, 1.82) is 5.41 Å². The highest BCUT2D eigenvalue weighted by molar-refractivity contribution is 5.97. The summed E-state index contributed by atoms with van der Waals surface area (Å²) >= 11 is 0. The van der Waals surface area contributed by atoms with Gasteiger partial charge in [-0.25, -0.2) is 4.98 Å². The fourth-order valence-electron chi connectivity index (χ4n) is 1.89. The molecule has 1 aromatic rings. The second-order valence-corrected chi connectivity index (χ2v) is 3.65. The highest BCUT2D eigenvalue weighted by atomic mass is 16.5. The number of hydrogen-bond acceptors (Lipinski definition) is 3. The maximum Gasteiger partial charge on any atom is 0.224 e. The van der Waals surface area contributed by atoms with Crippen molar-refractivity contribution in [2.45, 2.75) is 26.2 Å². The summed E-state index contributed by atoms with van der Waals surface area (Å²) in [5.74, 6) is 0.534. The Morgan fingerprint density at radius 2 is 2.40 bits per heavy atom. The fraction of sp³-hybridized carbons (Fsp3) is 0.455. The molecule has 1 heterocycles. The van der Waals surface area contributed by atoms with Crippen LogP contribution in [0.3, 0.4) is 0 Å². The molecule has 0 radical (unpaired) electrons. The van der Waals surface area contributed by atoms with Gasteiger partial charge in [0.1, 0.15) is 5.84 Å². The van der Waals surface area contributed by atoms with Crippen LogP contribution in [0.4, 0.5) is 0 Å². The quantitative estimate of drug-likeness (QED) is 0.576. The number of ether oxygens (including phenoxy) is 1. The number of hydrogen-bond donors (Lipinski definition) is 2. The molecule has 0 atom stereocenters. The van der Waals surface area contributed by atoms with Crippen LogP contribution in [0.25, 0.3) is 0 Å². The Hall–Kier alpha value is -1.58. The second kappa shape index (κ2) is 3.88. The van der Waals surface area contributed by atoms with Gasteiger partial charge < -0.3 is 10.5 Å². The van der Waals surface area contributed by atoms with E-state index in [2.05, 4.69) is 4.98 Å². The van der Waals surface area contributed by atoms with Gasteiger partial charge in [-0.2, -0.15) is 0 Å². The Labute approximate surface area is 89.0 Å². The van der Waals surface area contributed by atoms with Gasteiger partial charge >= 0.3 is 0 Å². The first kappa shape index (κ1) is 9.96. The summed E-state index contributed by atoms with van der Waals surface area (Å²) in [7, 11) is 0. The number of nitrogens with one attached hydrogen (secondary N) is 1. The lowest BCUT2D eigenvalue weighted by Gasteiger charge is -2.10. The van der Waals surface area contributed by atoms with Gasteiger partial charge in [0, 0.05) is 5.69 Å². The molecule has 0 aliphatic heterocycles. The van der Waals surface area contributed by atoms with Crippen LogP contribution < -0.4 is 10.5 Å². The molecule has 1 aromatic heterocycles. The minimum Gasteiger partial charge on any atom is -0.477 e. The first-order chi connectivity index (χ1) is 7.22. The molecule has 0 saturated carbocycles. The van der Waals surface area contributed by atoms with Crippen LogP contribution in [0, 0.1) is 5.41 Å². The Balaban J connectivity index is 2.47. The largest absolute Gasteiger partial charge is 0.477 e. The number of rotatable bonds is 3. The minimum atomic E-state index is 0.0284. The Bertz CT molecular complexity index is 401. The molecule has 4 heteroatoms. The van der Waals surface area contributed by atoms with E-state index >= 15 is 0 Å². The third kappa shape index (κ3) is 1.79. The summed E-state index contributed by atoms with van der Waals surface area (Å²) in [4.78, 5) is 4.42. The highest BCUT2D eigenvalue weighted by Crippen LogP contribution is 2.26. The van der Waals surface area contributed by atoms with Gasteiger partial charge in [-0.3, -0.25) is 5.41 Å². The van der Waals surface area contributed by atoms with E-state index in [1.54, 1.807) is 0 Å². The van der Waals surface area contributed by atoms with Gasteiger partial charge in [0.05, 0.1) is 12.2 Å². The van der Waals surface area contributed by atoms with Crippen LogP contribution >= 0.6 is 0 Å². The Morgan fingerprint density at radius 1 is 1.60 bits per heavy atom. The number of nitrogens with zero attached hydrogens (tertiary/aromatic N) is 1. The molecule has 0 bridgehead atoms. The monoisotopic (exact) mass is 205 g/mol. The lowest BCUT2D eigenvalue weighted by Crippen LogP contribution is -2.15. The summed E-state index contributed by atoms with van der Waals surface area (Å²) in [6.07, 6.45) is 3.18. The molecule has 15 heavy (non-hydrogen) atoms. The molecule has 0 unspecified atom stereocenters. The second-order valence-electron chi connectivity index (χ2n) is 3.65. The van der Waals surface area contributed by atoms with Crippen LogP contribution in [0.5, 0.6) is 5.88 Å². The van der Waals surface area contributed by atoms with Crippen molar-refractivity contribution in [3.8, 4) is 5.88 Å². The fourth-order valence-corrected chi connectivity index (χ4v) is 1.89. The van der Waals surface area contributed by atoms with Gasteiger partial charge in [0.15, 0.2) is 0 Å². The molecule has 4 nitrogen and oxygen atoms in total. The molecule has 0 spiro atoms. The van der Waals surface area contributed by atoms with E-state index in [4.69, 9.17) is 15.9 Å². The molecule has 0 amide bonds. The van der Waals surface area contributed by atoms with E-state index in [0.717, 1.165) is 25.0 Å². The van der Waals surface area contributed by atoms with Gasteiger partial charge in [0.25, 0.3) is 0 Å². The number of nitrogen functional groups attached to an aromatic ring is 1. The van der Waals surface area contributed by atoms with Crippen LogP contribution in [-0.2, 0) is 12.8 Å². The van der Waals surface area contributed by atoms with Crippen molar-refractivity contribution >= 4 is 5.84 Å². The topological polar surface area (TPSA) is 72.0 Å². The summed E-state index contributed by atoms with van der Waals surface area (Å²) in [6, 6.07) is 1.95. The van der Waals surface area contributed by atoms with Crippen LogP contribution in [0.1, 0.15) is 30.2 Å². The molecule has 0 aromatic carbocycles. The Kier molecular flexibility index (Phi) is 2.58. The third-order valence-corrected chi connectivity index (χ3v) is 2.59. The zero-order valence-electron chi connectivity index (χ0n) is 8.84. The molecular weight excluding hydrogens is 190 g/mol. The highest BCUT2D eigenvalue weighted by Gasteiger charge is 2.18. The number of amidine groups is 1. The molecule has 80 valence electrons. The molecule has 1 aliphatic carbocycles. The number of aryl methyl sites for hydroxylation is 2. The lowest BCUT2D eigenvalue weighted by atomic mass is 10.1. The third-order valence-electron chi connectivity index (χ3n) is 2.59. The van der Waals surface area contributed by atoms with Crippen molar-refractivity contribution < 1.29 is 4.74 Å². The number of fused-ring (bicyclic) bond motifs is 1. The average Bonchev–Trinajstić information content (AvgIpc) is 2.63. The van der Waals surface area contributed by atoms with Gasteiger partial charge in [-0.1, -0.05) is 0 Å². The maximum atomic E-state index is 7.48. The Morgan fingerprint density at radius 3 is 3.07 bits per heavy atom. The van der Waals surface area contributed by atoms with Gasteiger partial charge in [0.2, 0.25) is 5.88 Å². The molecule has 3 N–H and O–H groups in total. The van der Waals surface area contributed by atoms with Crippen LogP contribution in [0.2, 0.25) is 0 Å². The SMILES string of the molecule is CCOc1nc2c(cc1C(=N)N)CCC2. The van der Waals surface area contributed by atoms with Gasteiger partial charge in [-0.05, 0) is 37.8 Å². The number of pyridine rings is 1. The van der Waals surface area contributed by atoms with Crippen molar-refractivity contribution in [3.05, 3.63) is 22.9 Å². The molecular formula is C11H15N3O. The van der Waals surface area contributed by atoms with Crippen LogP contribution in [-0.4, -0.2) is 17.4 Å². The predicted molar refractivity (Wildman–Crippen MR) is 58.4 cm³/mol. The number of aromatic nitrogens is 1. The zero-order chi connectivity index (χ0) is 10.8. The summed E-state index contributed by atoms with van der Waals surface area (Å²) in [6.45, 7) is 2.45. The first-order valence-corrected chi connectivity index (χ1v) is 5.22. The van der Waals surface area contributed by atoms with Crippen molar-refractivity contribution in [2.24, 2.45) is 5.73 Å². The predicted octanol–water partition coefficient (Wildman–Crippen LogP) is 1.25. The van der Waals surface area contributed by atoms with Gasteiger partial charge in [-0.15, -0.1) is 0 Å². The van der Waals surface area contributed by atoms with E-state index in [0.29, 0.717) is 18.1 Å². The summed E-state index contributed by atoms with van der Waals surface area (Å²) < 4.78 is 5.39. The molecule has 2 rings (SSSR count). The average molecular weight is 205 g/mol. The molecule has 1 aliphatic rings. The standard InChI is InChI=1S/C11H15N3O/c1-2-15-11-8(10(12)13)6-7-4-3-5-9(7)14-11/h6H,2-5H2,1H3,(H3,12,13). The van der Waals surface area contributed by atoms with E-state index in [1.165, 1.54) is 5.56 Å². The van der Waals surface area contributed by atoms with E-state index < -0.39 is 0 Å². The number of nitrogens with two attached hydrogens (primary N) is 1. The van der Waals surface area contributed by atoms with E-state index in [-0.39, 0.29) is 5.84 Å². The maximum absolute atomic E-state index is 7.48. The smallest absolute Gasteiger partial charge is 0.224 e.